The van der Waals surface area contributed by atoms with Gasteiger partial charge in [0.1, 0.15) is 0 Å². The maximum absolute atomic E-state index is 12.7. The Morgan fingerprint density at radius 1 is 0.864 bits per heavy atom. The minimum atomic E-state index is -4.90. The van der Waals surface area contributed by atoms with E-state index in [1.165, 1.54) is 5.01 Å². The zero-order valence-corrected chi connectivity index (χ0v) is 11.1. The van der Waals surface area contributed by atoms with Gasteiger partial charge >= 0.3 is 12.4 Å². The molecular formula is C12H11F6N3O. The number of hydrogen-bond donors (Lipinski definition) is 0. The first-order valence-corrected chi connectivity index (χ1v) is 6.20. The standard InChI is InChI=1S/C12H11F6N3O/c13-11(14,15)8-5-9(12(16,17)18)7-10(6-8)19-20-21-1-3-22-4-2-21/h5-7H,1-4H2. The van der Waals surface area contributed by atoms with E-state index in [4.69, 9.17) is 4.74 Å². The van der Waals surface area contributed by atoms with Crippen molar-refractivity contribution in [1.29, 1.82) is 0 Å². The van der Waals surface area contributed by atoms with E-state index >= 15 is 0 Å². The van der Waals surface area contributed by atoms with E-state index in [1.807, 2.05) is 0 Å². The minimum Gasteiger partial charge on any atom is -0.378 e. The Bertz CT molecular complexity index is 517. The third-order valence-corrected chi connectivity index (χ3v) is 2.85. The van der Waals surface area contributed by atoms with Crippen LogP contribution in [0, 0.1) is 0 Å². The fourth-order valence-electron chi connectivity index (χ4n) is 1.75. The number of nitrogens with zero attached hydrogens (tertiary/aromatic N) is 3. The highest BCUT2D eigenvalue weighted by Gasteiger charge is 2.37. The van der Waals surface area contributed by atoms with Gasteiger partial charge in [0.25, 0.3) is 0 Å². The molecule has 0 unspecified atom stereocenters. The van der Waals surface area contributed by atoms with Crippen LogP contribution in [0.5, 0.6) is 0 Å². The number of ether oxygens (including phenoxy) is 1. The molecule has 0 amide bonds. The Morgan fingerprint density at radius 2 is 1.36 bits per heavy atom. The number of benzene rings is 1. The molecule has 0 radical (unpaired) electrons. The van der Waals surface area contributed by atoms with Gasteiger partial charge in [0.05, 0.1) is 43.1 Å². The molecule has 10 heteroatoms. The zero-order valence-electron chi connectivity index (χ0n) is 11.1. The zero-order chi connectivity index (χ0) is 16.4. The fourth-order valence-corrected chi connectivity index (χ4v) is 1.75. The third-order valence-electron chi connectivity index (χ3n) is 2.85. The van der Waals surface area contributed by atoms with Crippen molar-refractivity contribution in [3.8, 4) is 0 Å². The molecule has 0 atom stereocenters. The topological polar surface area (TPSA) is 37.2 Å². The summed E-state index contributed by atoms with van der Waals surface area (Å²) >= 11 is 0. The van der Waals surface area contributed by atoms with Crippen LogP contribution in [0.2, 0.25) is 0 Å². The summed E-state index contributed by atoms with van der Waals surface area (Å²) in [5.74, 6) is 0. The number of morpholine rings is 1. The highest BCUT2D eigenvalue weighted by Crippen LogP contribution is 2.38. The molecule has 0 aromatic heterocycles. The van der Waals surface area contributed by atoms with Crippen molar-refractivity contribution in [2.45, 2.75) is 12.4 Å². The summed E-state index contributed by atoms with van der Waals surface area (Å²) < 4.78 is 81.0. The van der Waals surface area contributed by atoms with E-state index in [0.717, 1.165) is 0 Å². The Labute approximate surface area is 121 Å². The molecule has 1 aliphatic heterocycles. The first-order chi connectivity index (χ1) is 10.2. The van der Waals surface area contributed by atoms with E-state index in [9.17, 15) is 26.3 Å². The Hall–Kier alpha value is -1.84. The van der Waals surface area contributed by atoms with E-state index in [0.29, 0.717) is 38.4 Å². The summed E-state index contributed by atoms with van der Waals surface area (Å²) in [5.41, 5.74) is -3.34. The first-order valence-electron chi connectivity index (χ1n) is 6.20. The van der Waals surface area contributed by atoms with Crippen molar-refractivity contribution in [3.63, 3.8) is 0 Å². The van der Waals surface area contributed by atoms with E-state index < -0.39 is 29.2 Å². The second-order valence-corrected chi connectivity index (χ2v) is 4.52. The molecular weight excluding hydrogens is 316 g/mol. The van der Waals surface area contributed by atoms with Crippen LogP contribution in [0.25, 0.3) is 0 Å². The summed E-state index contributed by atoms with van der Waals surface area (Å²) in [6, 6.07) is 1.10. The second-order valence-electron chi connectivity index (χ2n) is 4.52. The van der Waals surface area contributed by atoms with Crippen LogP contribution in [0.1, 0.15) is 11.1 Å². The summed E-state index contributed by atoms with van der Waals surface area (Å²) in [5, 5.41) is 8.53. The number of hydrogen-bond acceptors (Lipinski definition) is 3. The summed E-state index contributed by atoms with van der Waals surface area (Å²) in [6.07, 6.45) is -9.80. The fraction of sp³-hybridized carbons (Fsp3) is 0.500. The average molecular weight is 327 g/mol. The lowest BCUT2D eigenvalue weighted by atomic mass is 10.1. The van der Waals surface area contributed by atoms with Gasteiger partial charge in [-0.1, -0.05) is 5.22 Å². The third kappa shape index (κ3) is 4.33. The van der Waals surface area contributed by atoms with Gasteiger partial charge in [0, 0.05) is 0 Å². The van der Waals surface area contributed by atoms with Crippen LogP contribution in [0.4, 0.5) is 32.0 Å². The molecule has 1 saturated heterocycles. The molecule has 1 aromatic rings. The smallest absolute Gasteiger partial charge is 0.378 e. The van der Waals surface area contributed by atoms with Gasteiger partial charge in [-0.15, -0.1) is 5.11 Å². The molecule has 1 heterocycles. The normalized spacial score (nSPS) is 17.3. The Kier molecular flexibility index (Phi) is 4.59. The quantitative estimate of drug-likeness (QED) is 0.607. The molecule has 1 aliphatic rings. The van der Waals surface area contributed by atoms with Gasteiger partial charge in [-0.2, -0.15) is 26.3 Å². The van der Waals surface area contributed by atoms with E-state index in [1.54, 1.807) is 0 Å². The van der Waals surface area contributed by atoms with E-state index in [2.05, 4.69) is 10.3 Å². The lowest BCUT2D eigenvalue weighted by Gasteiger charge is -2.22. The SMILES string of the molecule is FC(F)(F)c1cc(N=NN2CCOCC2)cc(C(F)(F)F)c1. The lowest BCUT2D eigenvalue weighted by molar-refractivity contribution is -0.143. The van der Waals surface area contributed by atoms with Gasteiger partial charge in [0.15, 0.2) is 0 Å². The van der Waals surface area contributed by atoms with Crippen LogP contribution in [-0.4, -0.2) is 31.3 Å². The first kappa shape index (κ1) is 16.5. The van der Waals surface area contributed by atoms with E-state index in [-0.39, 0.29) is 6.07 Å². The van der Waals surface area contributed by atoms with Crippen molar-refractivity contribution in [3.05, 3.63) is 29.3 Å². The maximum atomic E-state index is 12.7. The molecule has 1 aromatic carbocycles. The van der Waals surface area contributed by atoms with Gasteiger partial charge in [-0.05, 0) is 18.2 Å². The Morgan fingerprint density at radius 3 is 1.82 bits per heavy atom. The highest BCUT2D eigenvalue weighted by molar-refractivity contribution is 5.45. The molecule has 0 saturated carbocycles. The van der Waals surface area contributed by atoms with Crippen LogP contribution in [-0.2, 0) is 17.1 Å². The molecule has 0 aliphatic carbocycles. The molecule has 0 N–H and O–H groups in total. The van der Waals surface area contributed by atoms with Crippen molar-refractivity contribution >= 4 is 5.69 Å². The van der Waals surface area contributed by atoms with Crippen LogP contribution < -0.4 is 0 Å². The van der Waals surface area contributed by atoms with Gasteiger partial charge in [-0.25, -0.2) is 0 Å². The number of alkyl halides is 6. The predicted molar refractivity (Wildman–Crippen MR) is 63.4 cm³/mol. The molecule has 0 bridgehead atoms. The molecule has 22 heavy (non-hydrogen) atoms. The summed E-state index contributed by atoms with van der Waals surface area (Å²) in [4.78, 5) is 0. The van der Waals surface area contributed by atoms with Crippen LogP contribution in [0.15, 0.2) is 28.5 Å². The number of rotatable bonds is 2. The maximum Gasteiger partial charge on any atom is 0.416 e. The molecule has 122 valence electrons. The van der Waals surface area contributed by atoms with Gasteiger partial charge in [0.2, 0.25) is 0 Å². The van der Waals surface area contributed by atoms with Gasteiger partial charge < -0.3 is 4.74 Å². The van der Waals surface area contributed by atoms with Crippen LogP contribution >= 0.6 is 0 Å². The van der Waals surface area contributed by atoms with Gasteiger partial charge in [-0.3, -0.25) is 5.01 Å². The Balaban J connectivity index is 2.31. The summed E-state index contributed by atoms with van der Waals surface area (Å²) in [7, 11) is 0. The molecule has 0 spiro atoms. The molecule has 2 rings (SSSR count). The second kappa shape index (κ2) is 6.11. The average Bonchev–Trinajstić information content (AvgIpc) is 2.44. The highest BCUT2D eigenvalue weighted by atomic mass is 19.4. The molecule has 4 nitrogen and oxygen atoms in total. The monoisotopic (exact) mass is 327 g/mol. The van der Waals surface area contributed by atoms with Crippen molar-refractivity contribution < 1.29 is 31.1 Å². The van der Waals surface area contributed by atoms with Crippen molar-refractivity contribution in [1.82, 2.24) is 5.01 Å². The lowest BCUT2D eigenvalue weighted by Crippen LogP contribution is -2.31. The number of halogens is 6. The minimum absolute atomic E-state index is 0.0494. The van der Waals surface area contributed by atoms with Crippen molar-refractivity contribution in [2.75, 3.05) is 26.3 Å². The van der Waals surface area contributed by atoms with Crippen LogP contribution in [0.3, 0.4) is 0 Å². The van der Waals surface area contributed by atoms with Crippen molar-refractivity contribution in [2.24, 2.45) is 10.3 Å². The summed E-state index contributed by atoms with van der Waals surface area (Å²) in [6.45, 7) is 1.48. The molecule has 1 fully saturated rings. The predicted octanol–water partition coefficient (Wildman–Crippen LogP) is 4.06. The largest absolute Gasteiger partial charge is 0.416 e.